The van der Waals surface area contributed by atoms with Crippen LogP contribution in [-0.2, 0) is 18.2 Å². The van der Waals surface area contributed by atoms with E-state index < -0.39 is 22.3 Å². The molecule has 0 aliphatic heterocycles. The van der Waals surface area contributed by atoms with E-state index in [1.54, 1.807) is 0 Å². The van der Waals surface area contributed by atoms with E-state index in [0.29, 0.717) is 0 Å². The van der Waals surface area contributed by atoms with E-state index in [0.717, 1.165) is 0 Å². The Hall–Kier alpha value is 1.14. The molecule has 0 unspecified atom stereocenters. The topological polar surface area (TPSA) is 160 Å². The molecule has 110 valence electrons. The Labute approximate surface area is 132 Å². The monoisotopic (exact) mass is 331 g/mol. The molecule has 0 aromatic carbocycles. The molecule has 0 spiro atoms. The van der Waals surface area contributed by atoms with Crippen molar-refractivity contribution in [2.75, 3.05) is 39.5 Å². The molecule has 19 heavy (non-hydrogen) atoms. The molecule has 0 aliphatic rings. The molecule has 0 aliphatic carbocycles. The predicted octanol–water partition coefficient (Wildman–Crippen LogP) is -5.13. The van der Waals surface area contributed by atoms with Crippen LogP contribution >= 0.6 is 15.6 Å². The minimum Gasteiger partial charge on any atom is -0.854 e. The van der Waals surface area contributed by atoms with Gasteiger partial charge in [0.2, 0.25) is 0 Å². The number of hydrogen-bond donors (Lipinski definition) is 4. The summed E-state index contributed by atoms with van der Waals surface area (Å²) < 4.78 is 29.1. The third-order valence-electron chi connectivity index (χ3n) is 1.74. The first-order valence-electron chi connectivity index (χ1n) is 4.85. The SMILES string of the molecule is O=P(O)(O)OCCN(CC[O-])CCOP(=O)(O)O.[Na+]. The molecule has 13 heteroatoms. The molecular weight excluding hydrogens is 315 g/mol. The standard InChI is InChI=1S/C6H16NO9P2.Na/c8-4-1-7(2-5-15-17(9,10)11)3-6-16-18(12,13)14;/h1-6H2,(H2,9,10,11)(H2,12,13,14);/q-1;+1. The van der Waals surface area contributed by atoms with E-state index in [1.807, 2.05) is 0 Å². The van der Waals surface area contributed by atoms with Gasteiger partial charge < -0.3 is 29.6 Å². The van der Waals surface area contributed by atoms with Gasteiger partial charge in [-0.3, -0.25) is 9.05 Å². The molecule has 0 rings (SSSR count). The summed E-state index contributed by atoms with van der Waals surface area (Å²) in [5.74, 6) is 0. The van der Waals surface area contributed by atoms with Gasteiger partial charge in [0.25, 0.3) is 0 Å². The molecule has 0 radical (unpaired) electrons. The molecule has 4 N–H and O–H groups in total. The Kier molecular flexibility index (Phi) is 12.8. The summed E-state index contributed by atoms with van der Waals surface area (Å²) in [5.41, 5.74) is 0. The van der Waals surface area contributed by atoms with E-state index in [1.165, 1.54) is 4.90 Å². The normalized spacial score (nSPS) is 12.5. The van der Waals surface area contributed by atoms with Gasteiger partial charge >= 0.3 is 45.2 Å². The molecule has 0 saturated heterocycles. The molecule has 10 nitrogen and oxygen atoms in total. The summed E-state index contributed by atoms with van der Waals surface area (Å²) in [4.78, 5) is 35.1. The third kappa shape index (κ3) is 17.1. The predicted molar refractivity (Wildman–Crippen MR) is 57.3 cm³/mol. The molecule has 0 saturated carbocycles. The van der Waals surface area contributed by atoms with Crippen LogP contribution in [0.4, 0.5) is 0 Å². The van der Waals surface area contributed by atoms with Crippen molar-refractivity contribution < 1.29 is 72.4 Å². The molecule has 0 atom stereocenters. The van der Waals surface area contributed by atoms with Gasteiger partial charge in [0.15, 0.2) is 0 Å². The molecule has 0 fully saturated rings. The zero-order chi connectivity index (χ0) is 14.2. The minimum absolute atomic E-state index is 0. The molecule has 0 heterocycles. The first kappa shape index (κ1) is 22.4. The maximum absolute atomic E-state index is 10.4. The maximum Gasteiger partial charge on any atom is 1.00 e. The van der Waals surface area contributed by atoms with Crippen LogP contribution < -0.4 is 34.7 Å². The zero-order valence-electron chi connectivity index (χ0n) is 10.4. The second-order valence-electron chi connectivity index (χ2n) is 3.19. The minimum atomic E-state index is -4.55. The van der Waals surface area contributed by atoms with Crippen LogP contribution in [0, 0.1) is 0 Å². The van der Waals surface area contributed by atoms with Gasteiger partial charge in [-0.05, 0) is 6.54 Å². The van der Waals surface area contributed by atoms with Crippen molar-refractivity contribution >= 4 is 15.6 Å². The summed E-state index contributed by atoms with van der Waals surface area (Å²) in [6, 6.07) is 0. The van der Waals surface area contributed by atoms with Crippen LogP contribution in [0.5, 0.6) is 0 Å². The fourth-order valence-corrected chi connectivity index (χ4v) is 1.68. The van der Waals surface area contributed by atoms with Crippen molar-refractivity contribution in [3.8, 4) is 0 Å². The van der Waals surface area contributed by atoms with Crippen LogP contribution in [0.2, 0.25) is 0 Å². The Morgan fingerprint density at radius 3 is 1.53 bits per heavy atom. The van der Waals surface area contributed by atoms with Crippen molar-refractivity contribution in [1.29, 1.82) is 0 Å². The average molecular weight is 331 g/mol. The number of phosphoric ester groups is 2. The maximum atomic E-state index is 10.4. The van der Waals surface area contributed by atoms with E-state index >= 15 is 0 Å². The van der Waals surface area contributed by atoms with Gasteiger partial charge in [-0.25, -0.2) is 9.13 Å². The Bertz CT molecular complexity index is 290. The van der Waals surface area contributed by atoms with E-state index in [-0.39, 0.29) is 62.4 Å². The van der Waals surface area contributed by atoms with Crippen molar-refractivity contribution in [1.82, 2.24) is 4.90 Å². The first-order chi connectivity index (χ1) is 8.14. The molecule has 0 aromatic heterocycles. The Morgan fingerprint density at radius 2 is 1.26 bits per heavy atom. The molecule has 0 bridgehead atoms. The van der Waals surface area contributed by atoms with Gasteiger partial charge in [-0.1, -0.05) is 0 Å². The largest absolute Gasteiger partial charge is 1.00 e. The van der Waals surface area contributed by atoms with Crippen molar-refractivity contribution in [2.24, 2.45) is 0 Å². The van der Waals surface area contributed by atoms with Crippen LogP contribution in [-0.4, -0.2) is 63.9 Å². The smallest absolute Gasteiger partial charge is 0.854 e. The number of phosphoric acid groups is 2. The average Bonchev–Trinajstić information content (AvgIpc) is 2.13. The summed E-state index contributed by atoms with van der Waals surface area (Å²) in [6.45, 7) is -0.947. The number of rotatable bonds is 10. The van der Waals surface area contributed by atoms with Crippen LogP contribution in [0.25, 0.3) is 0 Å². The van der Waals surface area contributed by atoms with E-state index in [2.05, 4.69) is 9.05 Å². The second-order valence-corrected chi connectivity index (χ2v) is 5.67. The van der Waals surface area contributed by atoms with Gasteiger partial charge in [0, 0.05) is 13.1 Å². The summed E-state index contributed by atoms with van der Waals surface area (Å²) >= 11 is 0. The Morgan fingerprint density at radius 1 is 0.895 bits per heavy atom. The van der Waals surface area contributed by atoms with Crippen molar-refractivity contribution in [3.63, 3.8) is 0 Å². The van der Waals surface area contributed by atoms with Gasteiger partial charge in [0.1, 0.15) is 0 Å². The van der Waals surface area contributed by atoms with Crippen molar-refractivity contribution in [3.05, 3.63) is 0 Å². The summed E-state index contributed by atoms with van der Waals surface area (Å²) in [5, 5.41) is 10.4. The summed E-state index contributed by atoms with van der Waals surface area (Å²) in [6.07, 6.45) is 0. The van der Waals surface area contributed by atoms with Crippen LogP contribution in [0.1, 0.15) is 0 Å². The molecule has 0 aromatic rings. The summed E-state index contributed by atoms with van der Waals surface area (Å²) in [7, 11) is -9.11. The third-order valence-corrected chi connectivity index (χ3v) is 2.78. The van der Waals surface area contributed by atoms with E-state index in [4.69, 9.17) is 19.6 Å². The van der Waals surface area contributed by atoms with E-state index in [9.17, 15) is 14.2 Å². The van der Waals surface area contributed by atoms with Gasteiger partial charge in [0.05, 0.1) is 13.2 Å². The quantitative estimate of drug-likeness (QED) is 0.225. The fraction of sp³-hybridized carbons (Fsp3) is 1.00. The van der Waals surface area contributed by atoms with Gasteiger partial charge in [-0.15, -0.1) is 6.61 Å². The first-order valence-corrected chi connectivity index (χ1v) is 7.91. The fourth-order valence-electron chi connectivity index (χ4n) is 1.04. The molecular formula is C6H16NNaO9P2. The van der Waals surface area contributed by atoms with Gasteiger partial charge in [-0.2, -0.15) is 0 Å². The van der Waals surface area contributed by atoms with Crippen LogP contribution in [0.15, 0.2) is 0 Å². The zero-order valence-corrected chi connectivity index (χ0v) is 14.2. The Balaban J connectivity index is 0. The van der Waals surface area contributed by atoms with Crippen molar-refractivity contribution in [2.45, 2.75) is 0 Å². The molecule has 0 amide bonds. The number of nitrogens with zero attached hydrogens (tertiary/aromatic N) is 1. The second kappa shape index (κ2) is 10.8. The number of hydrogen-bond acceptors (Lipinski definition) is 6. The van der Waals surface area contributed by atoms with Crippen LogP contribution in [0.3, 0.4) is 0 Å².